The van der Waals surface area contributed by atoms with E-state index in [1.165, 1.54) is 12.8 Å². The molecular formula is C13H17N3O. The van der Waals surface area contributed by atoms with E-state index in [0.29, 0.717) is 5.56 Å². The quantitative estimate of drug-likeness (QED) is 0.794. The van der Waals surface area contributed by atoms with Gasteiger partial charge in [-0.25, -0.2) is 5.43 Å². The first kappa shape index (κ1) is 11.8. The summed E-state index contributed by atoms with van der Waals surface area (Å²) in [4.78, 5) is 15.6. The van der Waals surface area contributed by atoms with Crippen molar-refractivity contribution in [3.63, 3.8) is 0 Å². The first-order valence-electron chi connectivity index (χ1n) is 6.01. The lowest BCUT2D eigenvalue weighted by atomic mass is 9.90. The van der Waals surface area contributed by atoms with Gasteiger partial charge >= 0.3 is 0 Å². The van der Waals surface area contributed by atoms with E-state index in [1.54, 1.807) is 24.5 Å². The molecule has 90 valence electrons. The number of rotatable bonds is 2. The van der Waals surface area contributed by atoms with Crippen molar-refractivity contribution < 1.29 is 4.79 Å². The summed E-state index contributed by atoms with van der Waals surface area (Å²) in [5.74, 6) is 0.590. The number of nitrogens with zero attached hydrogens (tertiary/aromatic N) is 2. The Morgan fingerprint density at radius 1 is 1.47 bits per heavy atom. The van der Waals surface area contributed by atoms with Crippen LogP contribution in [0.3, 0.4) is 0 Å². The lowest BCUT2D eigenvalue weighted by molar-refractivity contribution is 0.0954. The van der Waals surface area contributed by atoms with E-state index in [1.807, 2.05) is 0 Å². The van der Waals surface area contributed by atoms with E-state index in [0.717, 1.165) is 24.5 Å². The van der Waals surface area contributed by atoms with E-state index in [-0.39, 0.29) is 5.91 Å². The van der Waals surface area contributed by atoms with Crippen molar-refractivity contribution in [1.29, 1.82) is 0 Å². The molecule has 1 heterocycles. The molecule has 0 saturated heterocycles. The van der Waals surface area contributed by atoms with Gasteiger partial charge in [0, 0.05) is 18.1 Å². The molecule has 2 rings (SSSR count). The molecule has 0 spiro atoms. The monoisotopic (exact) mass is 231 g/mol. The maximum Gasteiger partial charge on any atom is 0.272 e. The Labute approximate surface area is 101 Å². The highest BCUT2D eigenvalue weighted by molar-refractivity contribution is 5.95. The summed E-state index contributed by atoms with van der Waals surface area (Å²) in [5, 5.41) is 4.18. The third kappa shape index (κ3) is 3.37. The van der Waals surface area contributed by atoms with Gasteiger partial charge in [0.1, 0.15) is 0 Å². The van der Waals surface area contributed by atoms with Crippen molar-refractivity contribution in [1.82, 2.24) is 10.4 Å². The largest absolute Gasteiger partial charge is 0.272 e. The van der Waals surface area contributed by atoms with Crippen LogP contribution in [0.2, 0.25) is 0 Å². The molecule has 1 amide bonds. The van der Waals surface area contributed by atoms with Crippen molar-refractivity contribution in [3.8, 4) is 0 Å². The van der Waals surface area contributed by atoms with E-state index >= 15 is 0 Å². The molecule has 1 aliphatic rings. The molecule has 1 aromatic rings. The van der Waals surface area contributed by atoms with Crippen molar-refractivity contribution in [2.75, 3.05) is 0 Å². The molecule has 0 aromatic carbocycles. The third-order valence-electron chi connectivity index (χ3n) is 3.09. The Balaban J connectivity index is 1.90. The molecule has 4 heteroatoms. The smallest absolute Gasteiger partial charge is 0.267 e. The molecule has 1 N–H and O–H groups in total. The number of aromatic nitrogens is 1. The number of nitrogens with one attached hydrogen (secondary N) is 1. The number of pyridine rings is 1. The lowest BCUT2D eigenvalue weighted by Gasteiger charge is -2.18. The Hall–Kier alpha value is -1.71. The maximum atomic E-state index is 11.7. The molecule has 1 aromatic heterocycles. The fraction of sp³-hybridized carbons (Fsp3) is 0.462. The Bertz CT molecular complexity index is 404. The Morgan fingerprint density at radius 2 is 2.24 bits per heavy atom. The van der Waals surface area contributed by atoms with Crippen LogP contribution in [0.4, 0.5) is 0 Å². The summed E-state index contributed by atoms with van der Waals surface area (Å²) in [7, 11) is 0. The molecular weight excluding hydrogens is 214 g/mol. The summed E-state index contributed by atoms with van der Waals surface area (Å²) < 4.78 is 0. The first-order valence-corrected chi connectivity index (χ1v) is 6.01. The first-order chi connectivity index (χ1) is 8.25. The van der Waals surface area contributed by atoms with Gasteiger partial charge in [-0.3, -0.25) is 9.78 Å². The molecule has 0 aliphatic heterocycles. The topological polar surface area (TPSA) is 54.4 Å². The lowest BCUT2D eigenvalue weighted by Crippen LogP contribution is -2.21. The zero-order chi connectivity index (χ0) is 12.1. The van der Waals surface area contributed by atoms with Gasteiger partial charge in [0.2, 0.25) is 0 Å². The second-order valence-electron chi connectivity index (χ2n) is 4.54. The van der Waals surface area contributed by atoms with Crippen molar-refractivity contribution >= 4 is 11.6 Å². The van der Waals surface area contributed by atoms with Crippen LogP contribution in [0.25, 0.3) is 0 Å². The zero-order valence-electron chi connectivity index (χ0n) is 10.0. The highest BCUT2D eigenvalue weighted by Crippen LogP contribution is 2.20. The van der Waals surface area contributed by atoms with Gasteiger partial charge < -0.3 is 0 Å². The normalized spacial score (nSPS) is 19.8. The predicted octanol–water partition coefficient (Wildman–Crippen LogP) is 2.38. The summed E-state index contributed by atoms with van der Waals surface area (Å²) in [6, 6.07) is 3.47. The maximum absolute atomic E-state index is 11.7. The number of carbonyl (C=O) groups is 1. The molecule has 0 bridgehead atoms. The molecule has 1 saturated carbocycles. The SMILES string of the molecule is CC1CCC(=NNC(=O)c2cccnc2)CC1. The van der Waals surface area contributed by atoms with Gasteiger partial charge in [0.25, 0.3) is 5.91 Å². The number of carbonyl (C=O) groups excluding carboxylic acids is 1. The van der Waals surface area contributed by atoms with Crippen molar-refractivity contribution in [2.45, 2.75) is 32.6 Å². The fourth-order valence-electron chi connectivity index (χ4n) is 1.90. The number of amides is 1. The fourth-order valence-corrected chi connectivity index (χ4v) is 1.90. The van der Waals surface area contributed by atoms with Crippen LogP contribution in [0.15, 0.2) is 29.6 Å². The second-order valence-corrected chi connectivity index (χ2v) is 4.54. The van der Waals surface area contributed by atoms with Crippen molar-refractivity contribution in [2.24, 2.45) is 11.0 Å². The second kappa shape index (κ2) is 5.57. The molecule has 0 unspecified atom stereocenters. The molecule has 4 nitrogen and oxygen atoms in total. The molecule has 1 fully saturated rings. The number of hydrogen-bond acceptors (Lipinski definition) is 3. The minimum absolute atomic E-state index is 0.191. The van der Waals surface area contributed by atoms with Gasteiger partial charge in [-0.15, -0.1) is 0 Å². The van der Waals surface area contributed by atoms with Crippen molar-refractivity contribution in [3.05, 3.63) is 30.1 Å². The molecule has 1 aliphatic carbocycles. The van der Waals surface area contributed by atoms with Gasteiger partial charge in [-0.1, -0.05) is 6.92 Å². The average molecular weight is 231 g/mol. The molecule has 0 atom stereocenters. The predicted molar refractivity (Wildman–Crippen MR) is 66.8 cm³/mol. The van der Waals surface area contributed by atoms with E-state index in [9.17, 15) is 4.79 Å². The summed E-state index contributed by atoms with van der Waals surface area (Å²) in [5.41, 5.74) is 4.23. The minimum Gasteiger partial charge on any atom is -0.267 e. The van der Waals surface area contributed by atoms with Crippen LogP contribution in [0.5, 0.6) is 0 Å². The summed E-state index contributed by atoms with van der Waals surface area (Å²) in [6.45, 7) is 2.25. The van der Waals surface area contributed by atoms with Gasteiger partial charge in [-0.2, -0.15) is 5.10 Å². The zero-order valence-corrected chi connectivity index (χ0v) is 10.0. The van der Waals surface area contributed by atoms with Crippen LogP contribution in [-0.4, -0.2) is 16.6 Å². The van der Waals surface area contributed by atoms with Crippen LogP contribution in [0.1, 0.15) is 43.0 Å². The van der Waals surface area contributed by atoms with Crippen LogP contribution < -0.4 is 5.43 Å². The third-order valence-corrected chi connectivity index (χ3v) is 3.09. The Morgan fingerprint density at radius 3 is 2.88 bits per heavy atom. The van der Waals surface area contributed by atoms with Gasteiger partial charge in [0.15, 0.2) is 0 Å². The standard InChI is InChI=1S/C13H17N3O/c1-10-4-6-12(7-5-10)15-16-13(17)11-3-2-8-14-9-11/h2-3,8-10H,4-7H2,1H3,(H,16,17). The number of hydrogen-bond donors (Lipinski definition) is 1. The highest BCUT2D eigenvalue weighted by Gasteiger charge is 2.13. The van der Waals surface area contributed by atoms with Crippen LogP contribution >= 0.6 is 0 Å². The van der Waals surface area contributed by atoms with Gasteiger partial charge in [-0.05, 0) is 43.7 Å². The van der Waals surface area contributed by atoms with Crippen LogP contribution in [-0.2, 0) is 0 Å². The van der Waals surface area contributed by atoms with Gasteiger partial charge in [0.05, 0.1) is 5.56 Å². The highest BCUT2D eigenvalue weighted by atomic mass is 16.2. The number of hydrazone groups is 1. The Kier molecular flexibility index (Phi) is 3.85. The molecule has 0 radical (unpaired) electrons. The van der Waals surface area contributed by atoms with Crippen LogP contribution in [0, 0.1) is 5.92 Å². The molecule has 17 heavy (non-hydrogen) atoms. The van der Waals surface area contributed by atoms with E-state index < -0.39 is 0 Å². The van der Waals surface area contributed by atoms with E-state index in [4.69, 9.17) is 0 Å². The average Bonchev–Trinajstić information content (AvgIpc) is 2.39. The summed E-state index contributed by atoms with van der Waals surface area (Å²) in [6.07, 6.45) is 7.51. The summed E-state index contributed by atoms with van der Waals surface area (Å²) >= 11 is 0. The minimum atomic E-state index is -0.191. The van der Waals surface area contributed by atoms with E-state index in [2.05, 4.69) is 22.4 Å².